The summed E-state index contributed by atoms with van der Waals surface area (Å²) in [5.74, 6) is 0.241. The van der Waals surface area contributed by atoms with E-state index in [9.17, 15) is 10.1 Å². The number of allylic oxidation sites excluding steroid dienone is 2. The molecular weight excluding hydrogens is 334 g/mol. The van der Waals surface area contributed by atoms with Crippen LogP contribution in [0.2, 0.25) is 0 Å². The summed E-state index contributed by atoms with van der Waals surface area (Å²) >= 11 is 0. The van der Waals surface area contributed by atoms with E-state index in [0.29, 0.717) is 11.7 Å². The molecule has 0 saturated carbocycles. The monoisotopic (exact) mass is 359 g/mol. The Balaban J connectivity index is 2.09. The summed E-state index contributed by atoms with van der Waals surface area (Å²) < 4.78 is 5.32. The highest BCUT2D eigenvalue weighted by atomic mass is 16.5. The van der Waals surface area contributed by atoms with Gasteiger partial charge >= 0.3 is 5.97 Å². The van der Waals surface area contributed by atoms with Crippen molar-refractivity contribution in [3.63, 3.8) is 0 Å². The average Bonchev–Trinajstić information content (AvgIpc) is 2.67. The van der Waals surface area contributed by atoms with E-state index in [-0.39, 0.29) is 5.57 Å². The van der Waals surface area contributed by atoms with Gasteiger partial charge in [-0.15, -0.1) is 0 Å². The fourth-order valence-electron chi connectivity index (χ4n) is 2.60. The first-order chi connectivity index (χ1) is 12.9. The van der Waals surface area contributed by atoms with Gasteiger partial charge in [-0.05, 0) is 61.1 Å². The number of ether oxygens (including phenoxy) is 1. The minimum Gasteiger partial charge on any atom is -0.422 e. The zero-order chi connectivity index (χ0) is 19.8. The van der Waals surface area contributed by atoms with Gasteiger partial charge in [-0.1, -0.05) is 61.9 Å². The van der Waals surface area contributed by atoms with Gasteiger partial charge in [0, 0.05) is 0 Å². The maximum atomic E-state index is 12.2. The first-order valence-corrected chi connectivity index (χ1v) is 9.12. The van der Waals surface area contributed by atoms with Gasteiger partial charge in [0.05, 0.1) is 0 Å². The molecule has 1 unspecified atom stereocenters. The molecule has 27 heavy (non-hydrogen) atoms. The summed E-state index contributed by atoms with van der Waals surface area (Å²) in [7, 11) is 0. The third kappa shape index (κ3) is 5.69. The van der Waals surface area contributed by atoms with Crippen molar-refractivity contribution in [2.24, 2.45) is 0 Å². The molecule has 0 aliphatic rings. The third-order valence-corrected chi connectivity index (χ3v) is 4.59. The SMILES string of the molecule is CCC(C)c1ccc(OC(=O)/C(C#N)=C/C=C/c2cc(C)ccc2C)cc1. The molecule has 3 heteroatoms. The van der Waals surface area contributed by atoms with E-state index in [1.165, 1.54) is 11.6 Å². The van der Waals surface area contributed by atoms with Crippen LogP contribution in [-0.4, -0.2) is 5.97 Å². The summed E-state index contributed by atoms with van der Waals surface area (Å²) in [4.78, 5) is 12.2. The van der Waals surface area contributed by atoms with Crippen LogP contribution in [0.5, 0.6) is 5.75 Å². The minimum absolute atomic E-state index is 0.0393. The molecule has 2 rings (SSSR count). The second-order valence-corrected chi connectivity index (χ2v) is 6.68. The van der Waals surface area contributed by atoms with Crippen LogP contribution >= 0.6 is 0 Å². The summed E-state index contributed by atoms with van der Waals surface area (Å²) in [5.41, 5.74) is 4.50. The van der Waals surface area contributed by atoms with E-state index in [1.54, 1.807) is 18.2 Å². The average molecular weight is 359 g/mol. The van der Waals surface area contributed by atoms with Crippen molar-refractivity contribution in [1.29, 1.82) is 5.26 Å². The van der Waals surface area contributed by atoms with Crippen LogP contribution in [0, 0.1) is 25.2 Å². The molecular formula is C24H25NO2. The number of aryl methyl sites for hydroxylation is 2. The highest BCUT2D eigenvalue weighted by molar-refractivity contribution is 5.94. The summed E-state index contributed by atoms with van der Waals surface area (Å²) in [6, 6.07) is 15.5. The van der Waals surface area contributed by atoms with E-state index in [2.05, 4.69) is 19.9 Å². The lowest BCUT2D eigenvalue weighted by Crippen LogP contribution is -2.10. The van der Waals surface area contributed by atoms with Gasteiger partial charge in [0.15, 0.2) is 0 Å². The van der Waals surface area contributed by atoms with Gasteiger partial charge in [0.25, 0.3) is 0 Å². The van der Waals surface area contributed by atoms with Crippen molar-refractivity contribution in [2.75, 3.05) is 0 Å². The molecule has 3 nitrogen and oxygen atoms in total. The molecule has 138 valence electrons. The summed E-state index contributed by atoms with van der Waals surface area (Å²) in [5, 5.41) is 9.27. The van der Waals surface area contributed by atoms with E-state index in [1.807, 2.05) is 50.3 Å². The lowest BCUT2D eigenvalue weighted by atomic mass is 9.99. The molecule has 0 aromatic heterocycles. The van der Waals surface area contributed by atoms with Gasteiger partial charge in [-0.2, -0.15) is 5.26 Å². The number of nitriles is 1. The van der Waals surface area contributed by atoms with Gasteiger partial charge in [0.2, 0.25) is 0 Å². The molecule has 0 saturated heterocycles. The summed E-state index contributed by atoms with van der Waals surface area (Å²) in [6.45, 7) is 8.33. The smallest absolute Gasteiger partial charge is 0.354 e. The van der Waals surface area contributed by atoms with Crippen LogP contribution < -0.4 is 4.74 Å². The van der Waals surface area contributed by atoms with Crippen LogP contribution in [0.4, 0.5) is 0 Å². The normalized spacial score (nSPS) is 12.6. The molecule has 0 heterocycles. The number of esters is 1. The summed E-state index contributed by atoms with van der Waals surface area (Å²) in [6.07, 6.45) is 6.12. The van der Waals surface area contributed by atoms with Gasteiger partial charge in [0.1, 0.15) is 17.4 Å². The van der Waals surface area contributed by atoms with E-state index in [0.717, 1.165) is 23.1 Å². The number of hydrogen-bond donors (Lipinski definition) is 0. The molecule has 1 atom stereocenters. The highest BCUT2D eigenvalue weighted by Gasteiger charge is 2.11. The minimum atomic E-state index is -0.653. The molecule has 0 bridgehead atoms. The van der Waals surface area contributed by atoms with Crippen molar-refractivity contribution < 1.29 is 9.53 Å². The van der Waals surface area contributed by atoms with Crippen LogP contribution in [0.15, 0.2) is 60.2 Å². The molecule has 2 aromatic carbocycles. The molecule has 0 fully saturated rings. The second-order valence-electron chi connectivity index (χ2n) is 6.68. The Bertz CT molecular complexity index is 899. The van der Waals surface area contributed by atoms with Crippen molar-refractivity contribution in [3.8, 4) is 11.8 Å². The Labute approximate surface area is 161 Å². The van der Waals surface area contributed by atoms with Crippen molar-refractivity contribution in [2.45, 2.75) is 40.0 Å². The molecule has 0 radical (unpaired) electrons. The van der Waals surface area contributed by atoms with E-state index >= 15 is 0 Å². The molecule has 0 aliphatic carbocycles. The largest absolute Gasteiger partial charge is 0.422 e. The highest BCUT2D eigenvalue weighted by Crippen LogP contribution is 2.22. The quantitative estimate of drug-likeness (QED) is 0.212. The van der Waals surface area contributed by atoms with Gasteiger partial charge in [-0.3, -0.25) is 0 Å². The van der Waals surface area contributed by atoms with Crippen molar-refractivity contribution >= 4 is 12.0 Å². The van der Waals surface area contributed by atoms with E-state index < -0.39 is 5.97 Å². The first-order valence-electron chi connectivity index (χ1n) is 9.12. The number of carbonyl (C=O) groups excluding carboxylic acids is 1. The molecule has 0 N–H and O–H groups in total. The number of benzene rings is 2. The standard InChI is InChI=1S/C24H25NO2/c1-5-18(3)20-11-13-23(14-12-20)27-24(26)22(16-25)8-6-7-21-15-17(2)9-10-19(21)4/h6-15,18H,5H2,1-4H3/b7-6+,22-8+. The zero-order valence-corrected chi connectivity index (χ0v) is 16.3. The predicted molar refractivity (Wildman–Crippen MR) is 109 cm³/mol. The third-order valence-electron chi connectivity index (χ3n) is 4.59. The Kier molecular flexibility index (Phi) is 7.14. The van der Waals surface area contributed by atoms with Crippen LogP contribution in [0.1, 0.15) is 48.4 Å². The predicted octanol–water partition coefficient (Wildman–Crippen LogP) is 5.89. The zero-order valence-electron chi connectivity index (χ0n) is 16.3. The van der Waals surface area contributed by atoms with Gasteiger partial charge < -0.3 is 4.74 Å². The Morgan fingerprint density at radius 2 is 1.89 bits per heavy atom. The fraction of sp³-hybridized carbons (Fsp3) is 0.250. The number of rotatable bonds is 6. The van der Waals surface area contributed by atoms with Crippen LogP contribution in [0.3, 0.4) is 0 Å². The number of hydrogen-bond acceptors (Lipinski definition) is 3. The van der Waals surface area contributed by atoms with Crippen molar-refractivity contribution in [1.82, 2.24) is 0 Å². The number of carbonyl (C=O) groups is 1. The van der Waals surface area contributed by atoms with Crippen LogP contribution in [-0.2, 0) is 4.79 Å². The molecule has 2 aromatic rings. The lowest BCUT2D eigenvalue weighted by Gasteiger charge is -2.09. The van der Waals surface area contributed by atoms with Crippen molar-refractivity contribution in [3.05, 3.63) is 82.4 Å². The Morgan fingerprint density at radius 1 is 1.19 bits per heavy atom. The first kappa shape index (κ1) is 20.2. The van der Waals surface area contributed by atoms with Gasteiger partial charge in [-0.25, -0.2) is 4.79 Å². The topological polar surface area (TPSA) is 50.1 Å². The molecule has 0 spiro atoms. The maximum Gasteiger partial charge on any atom is 0.354 e. The Morgan fingerprint density at radius 3 is 2.52 bits per heavy atom. The fourth-order valence-corrected chi connectivity index (χ4v) is 2.60. The van der Waals surface area contributed by atoms with Crippen LogP contribution in [0.25, 0.3) is 6.08 Å². The maximum absolute atomic E-state index is 12.2. The second kappa shape index (κ2) is 9.54. The lowest BCUT2D eigenvalue weighted by molar-refractivity contribution is -0.129. The Hall–Kier alpha value is -3.12. The number of nitrogens with zero attached hydrogens (tertiary/aromatic N) is 1. The van der Waals surface area contributed by atoms with E-state index in [4.69, 9.17) is 4.74 Å². The molecule has 0 aliphatic heterocycles. The molecule has 0 amide bonds.